The molecule has 1 heterocycles. The van der Waals surface area contributed by atoms with Gasteiger partial charge in [0, 0.05) is 18.0 Å². The van der Waals surface area contributed by atoms with Crippen molar-refractivity contribution < 1.29 is 18.1 Å². The van der Waals surface area contributed by atoms with Crippen LogP contribution in [0.4, 0.5) is 14.5 Å². The highest BCUT2D eigenvalue weighted by Gasteiger charge is 2.14. The summed E-state index contributed by atoms with van der Waals surface area (Å²) < 4.78 is 32.0. The number of halogens is 2. The van der Waals surface area contributed by atoms with E-state index in [1.54, 1.807) is 24.3 Å². The van der Waals surface area contributed by atoms with Gasteiger partial charge in [0.25, 0.3) is 5.91 Å². The van der Waals surface area contributed by atoms with Gasteiger partial charge < -0.3 is 9.84 Å². The Kier molecular flexibility index (Phi) is 5.06. The van der Waals surface area contributed by atoms with E-state index in [9.17, 15) is 13.6 Å². The fourth-order valence-corrected chi connectivity index (χ4v) is 2.33. The number of carbonyl (C=O) groups excluding carboxylic acids is 1. The first-order valence-corrected chi connectivity index (χ1v) is 8.10. The SMILES string of the molecule is CC(C)c1nc(Cc2ccc(NC(=O)c3cc(F)ccc3F)cc2)no1. The number of nitrogens with zero attached hydrogens (tertiary/aromatic N) is 2. The highest BCUT2D eigenvalue weighted by Crippen LogP contribution is 2.17. The Hall–Kier alpha value is -3.09. The number of rotatable bonds is 5. The molecule has 1 amide bonds. The molecule has 7 heteroatoms. The first-order chi connectivity index (χ1) is 12.4. The van der Waals surface area contributed by atoms with Crippen LogP contribution < -0.4 is 5.32 Å². The van der Waals surface area contributed by atoms with Gasteiger partial charge in [-0.2, -0.15) is 4.98 Å². The molecule has 0 aliphatic rings. The number of benzene rings is 2. The minimum atomic E-state index is -0.779. The molecule has 1 N–H and O–H groups in total. The molecule has 0 unspecified atom stereocenters. The van der Waals surface area contributed by atoms with Gasteiger partial charge in [-0.1, -0.05) is 31.1 Å². The van der Waals surface area contributed by atoms with Crippen LogP contribution in [-0.4, -0.2) is 16.0 Å². The van der Waals surface area contributed by atoms with Crippen LogP contribution in [0.25, 0.3) is 0 Å². The Labute approximate surface area is 149 Å². The van der Waals surface area contributed by atoms with Gasteiger partial charge in [-0.3, -0.25) is 4.79 Å². The smallest absolute Gasteiger partial charge is 0.258 e. The van der Waals surface area contributed by atoms with Crippen molar-refractivity contribution in [1.82, 2.24) is 10.1 Å². The molecule has 3 aromatic rings. The van der Waals surface area contributed by atoms with Crippen molar-refractivity contribution in [2.24, 2.45) is 0 Å². The van der Waals surface area contributed by atoms with Gasteiger partial charge >= 0.3 is 0 Å². The van der Waals surface area contributed by atoms with Gasteiger partial charge in [0.2, 0.25) is 5.89 Å². The maximum absolute atomic E-state index is 13.6. The highest BCUT2D eigenvalue weighted by molar-refractivity contribution is 6.04. The Morgan fingerprint density at radius 3 is 2.54 bits per heavy atom. The van der Waals surface area contributed by atoms with Crippen molar-refractivity contribution in [2.75, 3.05) is 5.32 Å². The largest absolute Gasteiger partial charge is 0.339 e. The summed E-state index contributed by atoms with van der Waals surface area (Å²) in [5, 5.41) is 6.47. The molecule has 0 spiro atoms. The van der Waals surface area contributed by atoms with Gasteiger partial charge in [-0.25, -0.2) is 8.78 Å². The van der Waals surface area contributed by atoms with Crippen LogP contribution in [0.5, 0.6) is 0 Å². The van der Waals surface area contributed by atoms with Crippen molar-refractivity contribution in [1.29, 1.82) is 0 Å². The van der Waals surface area contributed by atoms with Crippen molar-refractivity contribution in [3.63, 3.8) is 0 Å². The molecule has 0 atom stereocenters. The molecular formula is C19H17F2N3O2. The lowest BCUT2D eigenvalue weighted by molar-refractivity contribution is 0.102. The maximum Gasteiger partial charge on any atom is 0.258 e. The molecule has 1 aromatic heterocycles. The first kappa shape index (κ1) is 17.7. The number of anilines is 1. The molecule has 0 aliphatic carbocycles. The zero-order chi connectivity index (χ0) is 18.7. The summed E-state index contributed by atoms with van der Waals surface area (Å²) in [6.07, 6.45) is 0.489. The average Bonchev–Trinajstić information content (AvgIpc) is 3.07. The molecule has 0 saturated carbocycles. The molecule has 0 radical (unpaired) electrons. The van der Waals surface area contributed by atoms with Gasteiger partial charge in [0.1, 0.15) is 11.6 Å². The normalized spacial score (nSPS) is 11.0. The average molecular weight is 357 g/mol. The molecule has 2 aromatic carbocycles. The van der Waals surface area contributed by atoms with E-state index in [2.05, 4.69) is 15.5 Å². The standard InChI is InChI=1S/C19H17F2N3O2/c1-11(2)19-23-17(24-26-19)9-12-3-6-14(7-4-12)22-18(25)15-10-13(20)5-8-16(15)21/h3-8,10-11H,9H2,1-2H3,(H,22,25). The van der Waals surface area contributed by atoms with E-state index in [-0.39, 0.29) is 11.5 Å². The van der Waals surface area contributed by atoms with Crippen LogP contribution in [-0.2, 0) is 6.42 Å². The highest BCUT2D eigenvalue weighted by atomic mass is 19.1. The molecule has 3 rings (SSSR count). The van der Waals surface area contributed by atoms with E-state index in [4.69, 9.17) is 4.52 Å². The van der Waals surface area contributed by atoms with E-state index in [1.165, 1.54) is 0 Å². The number of hydrogen-bond donors (Lipinski definition) is 1. The monoisotopic (exact) mass is 357 g/mol. The summed E-state index contributed by atoms with van der Waals surface area (Å²) in [6, 6.07) is 9.68. The number of carbonyl (C=O) groups is 1. The Bertz CT molecular complexity index is 921. The number of nitrogens with one attached hydrogen (secondary N) is 1. The topological polar surface area (TPSA) is 68.0 Å². The van der Waals surface area contributed by atoms with Crippen molar-refractivity contribution in [3.8, 4) is 0 Å². The third-order valence-electron chi connectivity index (χ3n) is 3.72. The van der Waals surface area contributed by atoms with Gasteiger partial charge in [0.15, 0.2) is 5.82 Å². The summed E-state index contributed by atoms with van der Waals surface area (Å²) in [4.78, 5) is 16.4. The fourth-order valence-electron chi connectivity index (χ4n) is 2.33. The Morgan fingerprint density at radius 2 is 1.88 bits per heavy atom. The van der Waals surface area contributed by atoms with Crippen LogP contribution in [0.3, 0.4) is 0 Å². The third-order valence-corrected chi connectivity index (χ3v) is 3.72. The van der Waals surface area contributed by atoms with E-state index < -0.39 is 17.5 Å². The predicted molar refractivity (Wildman–Crippen MR) is 91.9 cm³/mol. The quantitative estimate of drug-likeness (QED) is 0.739. The second-order valence-electron chi connectivity index (χ2n) is 6.16. The van der Waals surface area contributed by atoms with Crippen molar-refractivity contribution >= 4 is 11.6 Å². The number of amides is 1. The second-order valence-corrected chi connectivity index (χ2v) is 6.16. The molecule has 134 valence electrons. The van der Waals surface area contributed by atoms with Crippen molar-refractivity contribution in [2.45, 2.75) is 26.2 Å². The summed E-state index contributed by atoms with van der Waals surface area (Å²) >= 11 is 0. The summed E-state index contributed by atoms with van der Waals surface area (Å²) in [5.41, 5.74) is 1.05. The lowest BCUT2D eigenvalue weighted by Crippen LogP contribution is -2.14. The van der Waals surface area contributed by atoms with E-state index >= 15 is 0 Å². The second kappa shape index (κ2) is 7.43. The Morgan fingerprint density at radius 1 is 1.15 bits per heavy atom. The first-order valence-electron chi connectivity index (χ1n) is 8.10. The van der Waals surface area contributed by atoms with E-state index in [0.29, 0.717) is 23.8 Å². The summed E-state index contributed by atoms with van der Waals surface area (Å²) in [5.74, 6) is -0.841. The lowest BCUT2D eigenvalue weighted by atomic mass is 10.1. The zero-order valence-corrected chi connectivity index (χ0v) is 14.3. The van der Waals surface area contributed by atoms with Crippen LogP contribution in [0.2, 0.25) is 0 Å². The maximum atomic E-state index is 13.6. The molecule has 0 saturated heterocycles. The molecule has 26 heavy (non-hydrogen) atoms. The van der Waals surface area contributed by atoms with E-state index in [1.807, 2.05) is 13.8 Å². The molecule has 0 aliphatic heterocycles. The fraction of sp³-hybridized carbons (Fsp3) is 0.211. The molecule has 0 bridgehead atoms. The lowest BCUT2D eigenvalue weighted by Gasteiger charge is -2.07. The minimum Gasteiger partial charge on any atom is -0.339 e. The summed E-state index contributed by atoms with van der Waals surface area (Å²) in [6.45, 7) is 3.94. The van der Waals surface area contributed by atoms with Crippen LogP contribution in [0.1, 0.15) is 47.4 Å². The zero-order valence-electron chi connectivity index (χ0n) is 14.3. The molecular weight excluding hydrogens is 340 g/mol. The number of hydrogen-bond acceptors (Lipinski definition) is 4. The van der Waals surface area contributed by atoms with Crippen molar-refractivity contribution in [3.05, 3.63) is 76.9 Å². The van der Waals surface area contributed by atoms with Crippen LogP contribution in [0, 0.1) is 11.6 Å². The third kappa shape index (κ3) is 4.11. The minimum absolute atomic E-state index is 0.164. The predicted octanol–water partition coefficient (Wildman–Crippen LogP) is 4.31. The molecule has 0 fully saturated rings. The number of aromatic nitrogens is 2. The van der Waals surface area contributed by atoms with Gasteiger partial charge in [0.05, 0.1) is 5.56 Å². The van der Waals surface area contributed by atoms with Crippen LogP contribution >= 0.6 is 0 Å². The van der Waals surface area contributed by atoms with E-state index in [0.717, 1.165) is 23.8 Å². The molecule has 5 nitrogen and oxygen atoms in total. The van der Waals surface area contributed by atoms with Gasteiger partial charge in [-0.05, 0) is 35.9 Å². The van der Waals surface area contributed by atoms with Crippen LogP contribution in [0.15, 0.2) is 47.0 Å². The van der Waals surface area contributed by atoms with Gasteiger partial charge in [-0.15, -0.1) is 0 Å². The Balaban J connectivity index is 1.67. The summed E-state index contributed by atoms with van der Waals surface area (Å²) in [7, 11) is 0.